The van der Waals surface area contributed by atoms with Gasteiger partial charge in [-0.25, -0.2) is 0 Å². The van der Waals surface area contributed by atoms with Crippen molar-refractivity contribution < 1.29 is 0 Å². The molecule has 0 aliphatic heterocycles. The third-order valence-corrected chi connectivity index (χ3v) is 4.88. The molecule has 0 atom stereocenters. The van der Waals surface area contributed by atoms with Gasteiger partial charge >= 0.3 is 0 Å². The van der Waals surface area contributed by atoms with E-state index in [9.17, 15) is 0 Å². The summed E-state index contributed by atoms with van der Waals surface area (Å²) in [6.07, 6.45) is 4.25. The van der Waals surface area contributed by atoms with Crippen molar-refractivity contribution >= 4 is 66.7 Å². The number of hydrogen-bond acceptors (Lipinski definition) is 2. The van der Waals surface area contributed by atoms with E-state index in [0.29, 0.717) is 0 Å². The van der Waals surface area contributed by atoms with E-state index in [-0.39, 0.29) is 0 Å². The highest BCUT2D eigenvalue weighted by Gasteiger charge is 2.00. The smallest absolute Gasteiger partial charge is 0.0782 e. The summed E-state index contributed by atoms with van der Waals surface area (Å²) < 4.78 is 2.31. The van der Waals surface area contributed by atoms with Crippen LogP contribution in [0.3, 0.4) is 0 Å². The Hall–Kier alpha value is 0.1000. The summed E-state index contributed by atoms with van der Waals surface area (Å²) in [6.45, 7) is 0. The molecule has 0 bridgehead atoms. The van der Waals surface area contributed by atoms with Crippen LogP contribution < -0.4 is 0 Å². The van der Waals surface area contributed by atoms with E-state index in [1.165, 1.54) is 10.4 Å². The van der Waals surface area contributed by atoms with Crippen molar-refractivity contribution in [1.82, 2.24) is 0 Å². The van der Waals surface area contributed by atoms with Crippen LogP contribution in [-0.2, 0) is 0 Å². The Balaban J connectivity index is 2.22. The first-order chi connectivity index (χ1) is 6.75. The Kier molecular flexibility index (Phi) is 3.60. The number of halogens is 2. The molecule has 14 heavy (non-hydrogen) atoms. The van der Waals surface area contributed by atoms with Crippen molar-refractivity contribution in [2.75, 3.05) is 0 Å². The fourth-order valence-electron chi connectivity index (χ4n) is 1.02. The predicted octanol–water partition coefficient (Wildman–Crippen LogP) is 5.51. The lowest BCUT2D eigenvalue weighted by molar-refractivity contribution is 1.82. The van der Waals surface area contributed by atoms with E-state index < -0.39 is 0 Å². The summed E-state index contributed by atoms with van der Waals surface area (Å²) >= 11 is 10.4. The zero-order valence-electron chi connectivity index (χ0n) is 7.04. The molecule has 0 aromatic carbocycles. The Morgan fingerprint density at radius 3 is 2.64 bits per heavy atom. The summed E-state index contributed by atoms with van der Waals surface area (Å²) in [5, 5.41) is 2.08. The summed E-state index contributed by atoms with van der Waals surface area (Å²) in [6, 6.07) is 6.28. The van der Waals surface area contributed by atoms with Crippen LogP contribution in [0, 0.1) is 0 Å². The molecule has 0 aliphatic carbocycles. The van der Waals surface area contributed by atoms with E-state index >= 15 is 0 Å². The molecule has 0 N–H and O–H groups in total. The highest BCUT2D eigenvalue weighted by Crippen LogP contribution is 2.33. The molecule has 0 amide bonds. The van der Waals surface area contributed by atoms with Crippen molar-refractivity contribution in [3.05, 3.63) is 41.6 Å². The molecule has 4 heteroatoms. The lowest BCUT2D eigenvalue weighted by Gasteiger charge is -1.86. The first kappa shape index (κ1) is 10.6. The Bertz CT molecular complexity index is 441. The second kappa shape index (κ2) is 4.75. The Labute approximate surface area is 108 Å². The maximum absolute atomic E-state index is 3.52. The molecule has 0 unspecified atom stereocenters. The largest absolute Gasteiger partial charge is 0.144 e. The van der Waals surface area contributed by atoms with Crippen LogP contribution in [0.15, 0.2) is 31.2 Å². The highest BCUT2D eigenvalue weighted by molar-refractivity contribution is 9.12. The number of hydrogen-bond donors (Lipinski definition) is 0. The zero-order chi connectivity index (χ0) is 9.97. The van der Waals surface area contributed by atoms with E-state index in [1.54, 1.807) is 22.7 Å². The third-order valence-electron chi connectivity index (χ3n) is 1.65. The first-order valence-electron chi connectivity index (χ1n) is 3.92. The van der Waals surface area contributed by atoms with Gasteiger partial charge in [-0.05, 0) is 55.4 Å². The first-order valence-corrected chi connectivity index (χ1v) is 7.20. The minimum atomic E-state index is 1.15. The van der Waals surface area contributed by atoms with Gasteiger partial charge in [0.05, 0.1) is 7.57 Å². The monoisotopic (exact) mass is 348 g/mol. The van der Waals surface area contributed by atoms with Gasteiger partial charge in [0, 0.05) is 10.4 Å². The second-order valence-corrected chi connectivity index (χ2v) is 7.36. The highest BCUT2D eigenvalue weighted by atomic mass is 79.9. The van der Waals surface area contributed by atoms with Crippen molar-refractivity contribution in [2.24, 2.45) is 0 Å². The molecular weight excluding hydrogens is 344 g/mol. The SMILES string of the molecule is Brc1cc(/C=C/c2cccs2)c(Br)s1. The van der Waals surface area contributed by atoms with E-state index in [2.05, 4.69) is 67.6 Å². The fraction of sp³-hybridized carbons (Fsp3) is 0. The Morgan fingerprint density at radius 2 is 2.07 bits per heavy atom. The molecule has 0 radical (unpaired) electrons. The van der Waals surface area contributed by atoms with Crippen LogP contribution in [0.2, 0.25) is 0 Å². The molecule has 0 nitrogen and oxygen atoms in total. The maximum Gasteiger partial charge on any atom is 0.0782 e. The minimum Gasteiger partial charge on any atom is -0.144 e. The molecule has 0 saturated heterocycles. The van der Waals surface area contributed by atoms with Crippen LogP contribution >= 0.6 is 54.5 Å². The molecule has 0 spiro atoms. The third kappa shape index (κ3) is 2.57. The lowest BCUT2D eigenvalue weighted by Crippen LogP contribution is -1.63. The van der Waals surface area contributed by atoms with Crippen molar-refractivity contribution in [2.45, 2.75) is 0 Å². The van der Waals surface area contributed by atoms with Gasteiger partial charge in [0.1, 0.15) is 0 Å². The van der Waals surface area contributed by atoms with E-state index in [0.717, 1.165) is 7.57 Å². The zero-order valence-corrected chi connectivity index (χ0v) is 11.8. The summed E-state index contributed by atoms with van der Waals surface area (Å²) in [5.74, 6) is 0. The van der Waals surface area contributed by atoms with Crippen LogP contribution in [-0.4, -0.2) is 0 Å². The standard InChI is InChI=1S/C10H6Br2S2/c11-9-6-7(10(12)14-9)3-4-8-2-1-5-13-8/h1-6H/b4-3+. The van der Waals surface area contributed by atoms with Gasteiger partial charge in [0.15, 0.2) is 0 Å². The van der Waals surface area contributed by atoms with Crippen LogP contribution in [0.5, 0.6) is 0 Å². The minimum absolute atomic E-state index is 1.15. The average Bonchev–Trinajstić information content (AvgIpc) is 2.72. The molecule has 0 aliphatic rings. The van der Waals surface area contributed by atoms with Gasteiger partial charge in [-0.1, -0.05) is 12.1 Å². The molecule has 2 aromatic heterocycles. The van der Waals surface area contributed by atoms with Crippen LogP contribution in [0.4, 0.5) is 0 Å². The van der Waals surface area contributed by atoms with Gasteiger partial charge in [0.2, 0.25) is 0 Å². The number of thiophene rings is 2. The van der Waals surface area contributed by atoms with Crippen molar-refractivity contribution in [1.29, 1.82) is 0 Å². The molecule has 0 saturated carbocycles. The average molecular weight is 350 g/mol. The molecular formula is C10H6Br2S2. The summed E-state index contributed by atoms with van der Waals surface area (Å²) in [5.41, 5.74) is 1.22. The van der Waals surface area contributed by atoms with Crippen LogP contribution in [0.25, 0.3) is 12.2 Å². The van der Waals surface area contributed by atoms with Gasteiger partial charge in [-0.2, -0.15) is 0 Å². The molecule has 2 aromatic rings. The van der Waals surface area contributed by atoms with E-state index in [1.807, 2.05) is 0 Å². The summed E-state index contributed by atoms with van der Waals surface area (Å²) in [4.78, 5) is 1.28. The quantitative estimate of drug-likeness (QED) is 0.671. The fourth-order valence-corrected chi connectivity index (χ4v) is 4.40. The molecule has 2 heterocycles. The topological polar surface area (TPSA) is 0 Å². The number of rotatable bonds is 2. The summed E-state index contributed by atoms with van der Waals surface area (Å²) in [7, 11) is 0. The molecule has 2 rings (SSSR count). The van der Waals surface area contributed by atoms with Gasteiger partial charge in [-0.3, -0.25) is 0 Å². The van der Waals surface area contributed by atoms with Gasteiger partial charge in [0.25, 0.3) is 0 Å². The van der Waals surface area contributed by atoms with Gasteiger partial charge < -0.3 is 0 Å². The Morgan fingerprint density at radius 1 is 1.21 bits per heavy atom. The molecule has 0 fully saturated rings. The van der Waals surface area contributed by atoms with E-state index in [4.69, 9.17) is 0 Å². The maximum atomic E-state index is 3.52. The van der Waals surface area contributed by atoms with Gasteiger partial charge in [-0.15, -0.1) is 22.7 Å². The molecule has 72 valence electrons. The normalized spacial score (nSPS) is 11.3. The van der Waals surface area contributed by atoms with Crippen LogP contribution in [0.1, 0.15) is 10.4 Å². The lowest BCUT2D eigenvalue weighted by atomic mass is 10.3. The van der Waals surface area contributed by atoms with Crippen molar-refractivity contribution in [3.8, 4) is 0 Å². The predicted molar refractivity (Wildman–Crippen MR) is 73.0 cm³/mol. The second-order valence-electron chi connectivity index (χ2n) is 2.63. The van der Waals surface area contributed by atoms with Crippen molar-refractivity contribution in [3.63, 3.8) is 0 Å².